The van der Waals surface area contributed by atoms with E-state index in [1.165, 1.54) is 257 Å². The number of phosphoric acid groups is 1. The number of carbonyl (C=O) groups is 1. The Balaban J connectivity index is 3.97. The summed E-state index contributed by atoms with van der Waals surface area (Å²) in [6.45, 7) is 4.58. The van der Waals surface area contributed by atoms with Gasteiger partial charge in [0.25, 0.3) is 7.82 Å². The molecule has 3 unspecified atom stereocenters. The topological polar surface area (TPSA) is 108 Å². The fourth-order valence-electron chi connectivity index (χ4n) is 10.8. The fourth-order valence-corrected chi connectivity index (χ4v) is 11.6. The molecule has 0 saturated heterocycles. The summed E-state index contributed by atoms with van der Waals surface area (Å²) >= 11 is 0. The highest BCUT2D eigenvalue weighted by molar-refractivity contribution is 7.45. The van der Waals surface area contributed by atoms with Crippen LogP contribution in [0.15, 0.2) is 72.9 Å². The zero-order valence-electron chi connectivity index (χ0n) is 56.4. The Morgan fingerprint density at radius 2 is 0.726 bits per heavy atom. The molecule has 0 bridgehead atoms. The Morgan fingerprint density at radius 3 is 1.06 bits per heavy atom. The molecule has 0 fully saturated rings. The van der Waals surface area contributed by atoms with Crippen LogP contribution in [0.1, 0.15) is 348 Å². The van der Waals surface area contributed by atoms with Gasteiger partial charge in [0.2, 0.25) is 5.91 Å². The second-order valence-corrected chi connectivity index (χ2v) is 27.3. The van der Waals surface area contributed by atoms with E-state index >= 15 is 0 Å². The van der Waals surface area contributed by atoms with Crippen molar-refractivity contribution in [1.82, 2.24) is 5.32 Å². The van der Waals surface area contributed by atoms with Gasteiger partial charge in [0.1, 0.15) is 13.2 Å². The van der Waals surface area contributed by atoms with Gasteiger partial charge in [-0.3, -0.25) is 9.36 Å². The highest BCUT2D eigenvalue weighted by Gasteiger charge is 2.23. The summed E-state index contributed by atoms with van der Waals surface area (Å²) in [5.41, 5.74) is 0. The SMILES string of the molecule is CC/C=C\C/C=C\C/C=C\C/C=C\C/C=C\CCCCCCCCCCCCCCCCCCCCCCCCCC(=O)NC(COP(=O)([O-])OCC[N+](C)(C)C)C(O)/C=C/CCCCCCCCCCCCCCCCCCCCCCC. The van der Waals surface area contributed by atoms with Gasteiger partial charge < -0.3 is 28.8 Å². The Morgan fingerprint density at radius 1 is 0.429 bits per heavy atom. The average molecular weight is 1200 g/mol. The second kappa shape index (κ2) is 65.4. The molecule has 8 nitrogen and oxygen atoms in total. The van der Waals surface area contributed by atoms with E-state index in [1.807, 2.05) is 27.2 Å². The maximum absolute atomic E-state index is 13.0. The number of unbranched alkanes of at least 4 members (excludes halogenated alkanes) is 44. The number of phosphoric ester groups is 1. The number of hydrogen-bond donors (Lipinski definition) is 2. The van der Waals surface area contributed by atoms with Gasteiger partial charge in [0.15, 0.2) is 0 Å². The molecule has 0 radical (unpaired) electrons. The standard InChI is InChI=1S/C75H141N2O6P/c1-6-8-10-12-14-16-18-20-22-24-26-28-30-31-32-33-34-35-36-37-38-39-40-41-42-43-44-45-47-49-51-53-55-57-59-61-63-65-67-69-75(79)76-73(72-83-84(80,81)82-71-70-77(3,4)5)74(78)68-66-64-62-60-58-56-54-52-50-48-46-29-27-25-23-21-19-17-15-13-11-9-7-2/h8,10,14,16,20,22,26,28,31-32,66,68,73-74,78H,6-7,9,11-13,15,17-19,21,23-25,27,29-30,33-65,67,69-72H2,1-5H3,(H-,76,79,80,81)/b10-8-,16-14-,22-20-,28-26-,32-31-,68-66+. The van der Waals surface area contributed by atoms with Crippen molar-refractivity contribution in [2.45, 2.75) is 360 Å². The van der Waals surface area contributed by atoms with E-state index in [2.05, 4.69) is 79.9 Å². The van der Waals surface area contributed by atoms with Crippen molar-refractivity contribution in [3.8, 4) is 0 Å². The van der Waals surface area contributed by atoms with Gasteiger partial charge in [0, 0.05) is 6.42 Å². The van der Waals surface area contributed by atoms with Crippen LogP contribution in [-0.2, 0) is 18.4 Å². The van der Waals surface area contributed by atoms with Gasteiger partial charge in [-0.05, 0) is 64.2 Å². The molecule has 0 saturated carbocycles. The number of aliphatic hydroxyl groups is 1. The molecule has 1 amide bonds. The molecule has 84 heavy (non-hydrogen) atoms. The summed E-state index contributed by atoms with van der Waals surface area (Å²) < 4.78 is 23.5. The van der Waals surface area contributed by atoms with Gasteiger partial charge in [-0.25, -0.2) is 0 Å². The summed E-state index contributed by atoms with van der Waals surface area (Å²) in [7, 11) is 1.27. The van der Waals surface area contributed by atoms with Crippen LogP contribution in [0.4, 0.5) is 0 Å². The zero-order valence-corrected chi connectivity index (χ0v) is 57.3. The molecule has 0 aromatic carbocycles. The molecule has 2 N–H and O–H groups in total. The fraction of sp³-hybridized carbons (Fsp3) is 0.827. The monoisotopic (exact) mass is 1200 g/mol. The molecular formula is C75H141N2O6P. The smallest absolute Gasteiger partial charge is 0.268 e. The third-order valence-corrected chi connectivity index (χ3v) is 17.4. The van der Waals surface area contributed by atoms with Crippen LogP contribution in [-0.4, -0.2) is 68.5 Å². The van der Waals surface area contributed by atoms with Gasteiger partial charge in [-0.2, -0.15) is 0 Å². The first-order valence-corrected chi connectivity index (χ1v) is 37.8. The summed E-state index contributed by atoms with van der Waals surface area (Å²) in [6.07, 6.45) is 91.8. The number of hydrogen-bond acceptors (Lipinski definition) is 6. The van der Waals surface area contributed by atoms with E-state index in [9.17, 15) is 19.4 Å². The number of nitrogens with zero attached hydrogens (tertiary/aromatic N) is 1. The van der Waals surface area contributed by atoms with E-state index in [4.69, 9.17) is 9.05 Å². The predicted octanol–water partition coefficient (Wildman–Crippen LogP) is 22.7. The van der Waals surface area contributed by atoms with Gasteiger partial charge in [-0.15, -0.1) is 0 Å². The Bertz CT molecular complexity index is 1600. The van der Waals surface area contributed by atoms with Crippen LogP contribution in [0.2, 0.25) is 0 Å². The van der Waals surface area contributed by atoms with Crippen LogP contribution >= 0.6 is 7.82 Å². The molecule has 0 aromatic heterocycles. The van der Waals surface area contributed by atoms with Gasteiger partial charge >= 0.3 is 0 Å². The number of likely N-dealkylation sites (N-methyl/N-ethyl adjacent to an activating group) is 1. The molecule has 0 aromatic rings. The number of nitrogens with one attached hydrogen (secondary N) is 1. The lowest BCUT2D eigenvalue weighted by molar-refractivity contribution is -0.870. The van der Waals surface area contributed by atoms with Crippen molar-refractivity contribution >= 4 is 13.7 Å². The summed E-state index contributed by atoms with van der Waals surface area (Å²) in [4.78, 5) is 25.6. The molecular weight excluding hydrogens is 1060 g/mol. The minimum atomic E-state index is -4.60. The van der Waals surface area contributed by atoms with Crippen molar-refractivity contribution in [1.29, 1.82) is 0 Å². The molecule has 0 aliphatic rings. The quantitative estimate of drug-likeness (QED) is 0.0272. The summed E-state index contributed by atoms with van der Waals surface area (Å²) in [5.74, 6) is -0.191. The average Bonchev–Trinajstić information content (AvgIpc) is 3.56. The molecule has 9 heteroatoms. The first-order chi connectivity index (χ1) is 41.0. The van der Waals surface area contributed by atoms with Crippen molar-refractivity contribution in [3.63, 3.8) is 0 Å². The lowest BCUT2D eigenvalue weighted by atomic mass is 10.0. The minimum Gasteiger partial charge on any atom is -0.756 e. The molecule has 0 heterocycles. The zero-order chi connectivity index (χ0) is 61.2. The van der Waals surface area contributed by atoms with Crippen LogP contribution in [0.3, 0.4) is 0 Å². The van der Waals surface area contributed by atoms with Crippen molar-refractivity contribution in [3.05, 3.63) is 72.9 Å². The van der Waals surface area contributed by atoms with Crippen LogP contribution in [0.5, 0.6) is 0 Å². The van der Waals surface area contributed by atoms with E-state index < -0.39 is 20.0 Å². The number of carbonyl (C=O) groups excluding carboxylic acids is 1. The molecule has 3 atom stereocenters. The van der Waals surface area contributed by atoms with Crippen LogP contribution < -0.4 is 10.2 Å². The van der Waals surface area contributed by atoms with Crippen molar-refractivity contribution in [2.24, 2.45) is 0 Å². The van der Waals surface area contributed by atoms with Crippen molar-refractivity contribution in [2.75, 3.05) is 40.9 Å². The summed E-state index contributed by atoms with van der Waals surface area (Å²) in [6, 6.07) is -0.888. The van der Waals surface area contributed by atoms with E-state index in [-0.39, 0.29) is 19.1 Å². The summed E-state index contributed by atoms with van der Waals surface area (Å²) in [5, 5.41) is 14.0. The first kappa shape index (κ1) is 81.9. The first-order valence-electron chi connectivity index (χ1n) is 36.3. The van der Waals surface area contributed by atoms with E-state index in [0.29, 0.717) is 17.4 Å². The predicted molar refractivity (Wildman–Crippen MR) is 367 cm³/mol. The third kappa shape index (κ3) is 67.4. The molecule has 0 spiro atoms. The number of allylic oxidation sites excluding steroid dienone is 11. The second-order valence-electron chi connectivity index (χ2n) is 25.9. The van der Waals surface area contributed by atoms with E-state index in [0.717, 1.165) is 70.6 Å². The largest absolute Gasteiger partial charge is 0.756 e. The number of quaternary nitrogens is 1. The molecule has 0 aliphatic heterocycles. The highest BCUT2D eigenvalue weighted by atomic mass is 31.2. The maximum Gasteiger partial charge on any atom is 0.268 e. The van der Waals surface area contributed by atoms with Gasteiger partial charge in [-0.1, -0.05) is 350 Å². The lowest BCUT2D eigenvalue weighted by Gasteiger charge is -2.29. The lowest BCUT2D eigenvalue weighted by Crippen LogP contribution is -2.45. The van der Waals surface area contributed by atoms with Crippen molar-refractivity contribution < 1.29 is 32.9 Å². The maximum atomic E-state index is 13.0. The minimum absolute atomic E-state index is 0.000120. The third-order valence-electron chi connectivity index (χ3n) is 16.4. The Hall–Kier alpha value is -2.06. The van der Waals surface area contributed by atoms with E-state index in [1.54, 1.807) is 6.08 Å². The molecule has 492 valence electrons. The Labute approximate surface area is 523 Å². The van der Waals surface area contributed by atoms with Crippen LogP contribution in [0.25, 0.3) is 0 Å². The Kier molecular flexibility index (Phi) is 63.8. The molecule has 0 rings (SSSR count). The van der Waals surface area contributed by atoms with Gasteiger partial charge in [0.05, 0.1) is 39.9 Å². The molecule has 0 aliphatic carbocycles. The normalized spacial score (nSPS) is 14.0. The van der Waals surface area contributed by atoms with Crippen LogP contribution in [0, 0.1) is 0 Å². The number of aliphatic hydroxyl groups excluding tert-OH is 1. The number of rotatable bonds is 67. The highest BCUT2D eigenvalue weighted by Crippen LogP contribution is 2.38. The number of amides is 1.